The highest BCUT2D eigenvalue weighted by molar-refractivity contribution is 5.94. The normalized spacial score (nSPS) is 10.2. The number of nitrogens with one attached hydrogen (secondary N) is 3. The summed E-state index contributed by atoms with van der Waals surface area (Å²) < 4.78 is 5.70. The minimum absolute atomic E-state index is 0.124. The van der Waals surface area contributed by atoms with Crippen LogP contribution in [0.15, 0.2) is 48.5 Å². The summed E-state index contributed by atoms with van der Waals surface area (Å²) in [4.78, 5) is 23.2. The number of anilines is 3. The fourth-order valence-electron chi connectivity index (χ4n) is 2.65. The molecule has 0 atom stereocenters. The summed E-state index contributed by atoms with van der Waals surface area (Å²) in [5, 5.41) is 8.60. The smallest absolute Gasteiger partial charge is 0.243 e. The zero-order chi connectivity index (χ0) is 20.2. The van der Waals surface area contributed by atoms with Crippen molar-refractivity contribution in [2.24, 2.45) is 0 Å². The second-order valence-electron chi connectivity index (χ2n) is 6.60. The highest BCUT2D eigenvalue weighted by Crippen LogP contribution is 2.17. The number of amides is 2. The number of unbranched alkanes of at least 4 members (excludes halogenated alkanes) is 3. The van der Waals surface area contributed by atoms with Gasteiger partial charge >= 0.3 is 0 Å². The van der Waals surface area contributed by atoms with Crippen LogP contribution < -0.4 is 20.7 Å². The number of hydrogen-bond donors (Lipinski definition) is 3. The lowest BCUT2D eigenvalue weighted by Crippen LogP contribution is -2.21. The molecule has 0 saturated heterocycles. The van der Waals surface area contributed by atoms with Gasteiger partial charge in [-0.25, -0.2) is 0 Å². The highest BCUT2D eigenvalue weighted by atomic mass is 16.5. The Morgan fingerprint density at radius 2 is 1.64 bits per heavy atom. The summed E-state index contributed by atoms with van der Waals surface area (Å²) in [7, 11) is 0. The van der Waals surface area contributed by atoms with E-state index in [9.17, 15) is 9.59 Å². The van der Waals surface area contributed by atoms with Crippen LogP contribution in [0.1, 0.15) is 39.5 Å². The number of carbonyl (C=O) groups excluding carboxylic acids is 2. The predicted octanol–water partition coefficient (Wildman–Crippen LogP) is 4.65. The summed E-state index contributed by atoms with van der Waals surface area (Å²) in [5.74, 6) is 0.517. The first-order chi connectivity index (χ1) is 13.6. The Morgan fingerprint density at radius 1 is 0.893 bits per heavy atom. The van der Waals surface area contributed by atoms with E-state index in [1.165, 1.54) is 26.2 Å². The van der Waals surface area contributed by atoms with Gasteiger partial charge in [0.1, 0.15) is 5.75 Å². The van der Waals surface area contributed by atoms with Crippen LogP contribution in [0.4, 0.5) is 17.1 Å². The van der Waals surface area contributed by atoms with Crippen LogP contribution in [0.5, 0.6) is 5.75 Å². The minimum atomic E-state index is -0.154. The van der Waals surface area contributed by atoms with Gasteiger partial charge in [-0.2, -0.15) is 0 Å². The number of benzene rings is 2. The summed E-state index contributed by atoms with van der Waals surface area (Å²) in [6.07, 6.45) is 4.69. The van der Waals surface area contributed by atoms with Gasteiger partial charge in [-0.05, 0) is 48.9 Å². The maximum atomic E-state index is 12.1. The van der Waals surface area contributed by atoms with Crippen LogP contribution in [0.2, 0.25) is 0 Å². The first-order valence-electron chi connectivity index (χ1n) is 9.71. The molecule has 0 unspecified atom stereocenters. The van der Waals surface area contributed by atoms with Crippen LogP contribution in [-0.2, 0) is 9.59 Å². The number of hydrogen-bond acceptors (Lipinski definition) is 4. The molecule has 2 amide bonds. The molecule has 2 aromatic carbocycles. The SMILES string of the molecule is CCCCCCOc1ccc(NC(=O)CNc2cccc(NC(C)=O)c2)cc1. The van der Waals surface area contributed by atoms with E-state index >= 15 is 0 Å². The van der Waals surface area contributed by atoms with Crippen LogP contribution in [0, 0.1) is 0 Å². The van der Waals surface area contributed by atoms with Crippen molar-refractivity contribution in [3.8, 4) is 5.75 Å². The molecule has 0 fully saturated rings. The lowest BCUT2D eigenvalue weighted by molar-refractivity contribution is -0.115. The Kier molecular flexibility index (Phi) is 8.85. The van der Waals surface area contributed by atoms with Crippen molar-refractivity contribution in [2.45, 2.75) is 39.5 Å². The molecule has 0 aliphatic rings. The third-order valence-corrected chi connectivity index (χ3v) is 4.04. The molecule has 0 heterocycles. The van der Waals surface area contributed by atoms with E-state index < -0.39 is 0 Å². The van der Waals surface area contributed by atoms with E-state index in [0.717, 1.165) is 23.5 Å². The molecule has 150 valence electrons. The molecule has 0 spiro atoms. The van der Waals surface area contributed by atoms with E-state index in [2.05, 4.69) is 22.9 Å². The zero-order valence-electron chi connectivity index (χ0n) is 16.6. The molecule has 3 N–H and O–H groups in total. The van der Waals surface area contributed by atoms with Gasteiger partial charge < -0.3 is 20.7 Å². The van der Waals surface area contributed by atoms with Crippen molar-refractivity contribution in [1.82, 2.24) is 0 Å². The maximum absolute atomic E-state index is 12.1. The van der Waals surface area contributed by atoms with E-state index in [0.29, 0.717) is 12.3 Å². The largest absolute Gasteiger partial charge is 0.494 e. The van der Waals surface area contributed by atoms with Crippen molar-refractivity contribution in [3.05, 3.63) is 48.5 Å². The lowest BCUT2D eigenvalue weighted by Gasteiger charge is -2.10. The van der Waals surface area contributed by atoms with Crippen LogP contribution >= 0.6 is 0 Å². The number of rotatable bonds is 11. The molecule has 2 rings (SSSR count). The second kappa shape index (κ2) is 11.6. The van der Waals surface area contributed by atoms with Crippen LogP contribution in [-0.4, -0.2) is 25.0 Å². The quantitative estimate of drug-likeness (QED) is 0.493. The summed E-state index contributed by atoms with van der Waals surface area (Å²) >= 11 is 0. The van der Waals surface area contributed by atoms with Crippen molar-refractivity contribution in [3.63, 3.8) is 0 Å². The summed E-state index contributed by atoms with van der Waals surface area (Å²) in [5.41, 5.74) is 2.16. The summed E-state index contributed by atoms with van der Waals surface area (Å²) in [6.45, 7) is 4.48. The highest BCUT2D eigenvalue weighted by Gasteiger charge is 2.04. The minimum Gasteiger partial charge on any atom is -0.494 e. The van der Waals surface area contributed by atoms with Gasteiger partial charge in [0.05, 0.1) is 13.2 Å². The zero-order valence-corrected chi connectivity index (χ0v) is 16.6. The number of carbonyl (C=O) groups is 2. The molecule has 0 bridgehead atoms. The molecule has 6 heteroatoms. The Bertz CT molecular complexity index is 760. The molecule has 2 aromatic rings. The van der Waals surface area contributed by atoms with Crippen molar-refractivity contribution >= 4 is 28.9 Å². The molecular formula is C22H29N3O3. The monoisotopic (exact) mass is 383 g/mol. The average Bonchev–Trinajstić information content (AvgIpc) is 2.67. The van der Waals surface area contributed by atoms with E-state index in [-0.39, 0.29) is 18.4 Å². The van der Waals surface area contributed by atoms with Crippen molar-refractivity contribution in [2.75, 3.05) is 29.1 Å². The number of ether oxygens (including phenoxy) is 1. The Morgan fingerprint density at radius 3 is 2.36 bits per heavy atom. The topological polar surface area (TPSA) is 79.5 Å². The standard InChI is InChI=1S/C22H29N3O3/c1-3-4-5-6-14-28-21-12-10-18(11-13-21)25-22(27)16-23-19-8-7-9-20(15-19)24-17(2)26/h7-13,15,23H,3-6,14,16H2,1-2H3,(H,24,26)(H,25,27). The summed E-state index contributed by atoms with van der Waals surface area (Å²) in [6, 6.07) is 14.6. The van der Waals surface area contributed by atoms with Crippen molar-refractivity contribution < 1.29 is 14.3 Å². The third-order valence-electron chi connectivity index (χ3n) is 4.04. The van der Waals surface area contributed by atoms with Gasteiger partial charge in [0, 0.05) is 24.0 Å². The Balaban J connectivity index is 1.74. The molecular weight excluding hydrogens is 354 g/mol. The van der Waals surface area contributed by atoms with E-state index in [1.54, 1.807) is 12.1 Å². The Hall–Kier alpha value is -3.02. The van der Waals surface area contributed by atoms with Gasteiger partial charge in [-0.1, -0.05) is 32.3 Å². The van der Waals surface area contributed by atoms with Gasteiger partial charge in [0.15, 0.2) is 0 Å². The predicted molar refractivity (Wildman–Crippen MR) is 114 cm³/mol. The third kappa shape index (κ3) is 8.12. The molecule has 28 heavy (non-hydrogen) atoms. The van der Waals surface area contributed by atoms with Crippen LogP contribution in [0.25, 0.3) is 0 Å². The second-order valence-corrected chi connectivity index (χ2v) is 6.60. The molecule has 0 aromatic heterocycles. The Labute approximate surface area is 166 Å². The molecule has 0 radical (unpaired) electrons. The average molecular weight is 383 g/mol. The fraction of sp³-hybridized carbons (Fsp3) is 0.364. The fourth-order valence-corrected chi connectivity index (χ4v) is 2.65. The maximum Gasteiger partial charge on any atom is 0.243 e. The van der Waals surface area contributed by atoms with Crippen LogP contribution in [0.3, 0.4) is 0 Å². The lowest BCUT2D eigenvalue weighted by atomic mass is 10.2. The van der Waals surface area contributed by atoms with Gasteiger partial charge in [0.25, 0.3) is 0 Å². The van der Waals surface area contributed by atoms with E-state index in [1.807, 2.05) is 36.4 Å². The van der Waals surface area contributed by atoms with Gasteiger partial charge in [-0.3, -0.25) is 9.59 Å². The first kappa shape index (κ1) is 21.3. The van der Waals surface area contributed by atoms with Gasteiger partial charge in [0.2, 0.25) is 11.8 Å². The molecule has 0 aliphatic heterocycles. The molecule has 0 aliphatic carbocycles. The first-order valence-corrected chi connectivity index (χ1v) is 9.71. The van der Waals surface area contributed by atoms with Gasteiger partial charge in [-0.15, -0.1) is 0 Å². The molecule has 0 saturated carbocycles. The molecule has 6 nitrogen and oxygen atoms in total. The van der Waals surface area contributed by atoms with Crippen molar-refractivity contribution in [1.29, 1.82) is 0 Å². The van der Waals surface area contributed by atoms with E-state index in [4.69, 9.17) is 4.74 Å².